The average molecular weight is 467 g/mol. The topological polar surface area (TPSA) is 165 Å². The Hall–Kier alpha value is -4.18. The highest BCUT2D eigenvalue weighted by Crippen LogP contribution is 2.35. The van der Waals surface area contributed by atoms with Gasteiger partial charge in [-0.3, -0.25) is 9.59 Å². The third kappa shape index (κ3) is 5.74. The molecule has 1 atom stereocenters. The summed E-state index contributed by atoms with van der Waals surface area (Å²) in [7, 11) is -4.17. The molecule has 0 fully saturated rings. The number of nitrogens with two attached hydrogens (primary N) is 2. The molecule has 10 heteroatoms. The summed E-state index contributed by atoms with van der Waals surface area (Å²) in [5.41, 5.74) is 11.8. The fraction of sp³-hybridized carbons (Fsp3) is 0.0870. The third-order valence-corrected chi connectivity index (χ3v) is 6.89. The maximum absolute atomic E-state index is 13.5. The first kappa shape index (κ1) is 23.5. The van der Waals surface area contributed by atoms with Crippen LogP contribution in [0, 0.1) is 0 Å². The second kappa shape index (κ2) is 9.96. The lowest BCUT2D eigenvalue weighted by atomic mass is 10.1. The predicted molar refractivity (Wildman–Crippen MR) is 125 cm³/mol. The van der Waals surface area contributed by atoms with Crippen molar-refractivity contribution in [3.8, 4) is 0 Å². The smallest absolute Gasteiger partial charge is 0.305 e. The van der Waals surface area contributed by atoms with Crippen LogP contribution in [0.1, 0.15) is 27.6 Å². The molecule has 0 aliphatic rings. The van der Waals surface area contributed by atoms with Crippen LogP contribution in [0.3, 0.4) is 0 Å². The van der Waals surface area contributed by atoms with Gasteiger partial charge in [0, 0.05) is 5.56 Å². The molecule has 3 aromatic rings. The van der Waals surface area contributed by atoms with Crippen LogP contribution in [0.25, 0.3) is 0 Å². The van der Waals surface area contributed by atoms with Gasteiger partial charge in [0.05, 0.1) is 22.7 Å². The minimum atomic E-state index is -4.17. The van der Waals surface area contributed by atoms with Gasteiger partial charge in [0.2, 0.25) is 0 Å². The van der Waals surface area contributed by atoms with Crippen LogP contribution in [-0.2, 0) is 14.6 Å². The van der Waals surface area contributed by atoms with Crippen LogP contribution in [0.15, 0.2) is 88.8 Å². The van der Waals surface area contributed by atoms with Crippen molar-refractivity contribution < 1.29 is 23.1 Å². The van der Waals surface area contributed by atoms with E-state index in [1.807, 2.05) is 0 Å². The van der Waals surface area contributed by atoms with Crippen LogP contribution in [0.2, 0.25) is 0 Å². The lowest BCUT2D eigenvalue weighted by molar-refractivity contribution is -0.137. The molecule has 0 aromatic heterocycles. The molecule has 0 saturated heterocycles. The van der Waals surface area contributed by atoms with Crippen LogP contribution in [-0.4, -0.2) is 31.4 Å². The monoisotopic (exact) mass is 466 g/mol. The summed E-state index contributed by atoms with van der Waals surface area (Å²) in [4.78, 5) is 27.9. The highest BCUT2D eigenvalue weighted by Gasteiger charge is 2.33. The number of benzene rings is 3. The van der Waals surface area contributed by atoms with E-state index in [4.69, 9.17) is 11.5 Å². The number of anilines is 1. The number of aliphatic carboxylic acids is 1. The number of carbonyl (C=O) groups excluding carboxylic acids is 1. The number of nitrogens with one attached hydrogen (secondary N) is 1. The van der Waals surface area contributed by atoms with Gasteiger partial charge in [0.1, 0.15) is 5.25 Å². The second-order valence-electron chi connectivity index (χ2n) is 7.08. The van der Waals surface area contributed by atoms with Crippen molar-refractivity contribution in [3.05, 3.63) is 90.0 Å². The Bertz CT molecular complexity index is 1290. The lowest BCUT2D eigenvalue weighted by Crippen LogP contribution is -2.21. The van der Waals surface area contributed by atoms with Gasteiger partial charge in [-0.2, -0.15) is 0 Å². The third-order valence-electron chi connectivity index (χ3n) is 4.74. The first-order valence-electron chi connectivity index (χ1n) is 9.79. The molecule has 170 valence electrons. The SMILES string of the molecule is NC(N)=Nc1ccc(C(=O)Nc2ccccc2S(=O)(=O)C(CC(=O)O)c2ccccc2)cc1. The van der Waals surface area contributed by atoms with Gasteiger partial charge in [-0.15, -0.1) is 0 Å². The Balaban J connectivity index is 1.95. The van der Waals surface area contributed by atoms with Gasteiger partial charge in [-0.05, 0) is 42.0 Å². The Kier molecular flexibility index (Phi) is 7.09. The van der Waals surface area contributed by atoms with Crippen molar-refractivity contribution in [2.75, 3.05) is 5.32 Å². The number of carboxylic acid groups (broad SMARTS) is 1. The summed E-state index contributed by atoms with van der Waals surface area (Å²) < 4.78 is 27.0. The standard InChI is InChI=1S/C23H22N4O5S/c24-23(25)26-17-12-10-16(11-13-17)22(30)27-18-8-4-5-9-19(18)33(31,32)20(14-21(28)29)15-6-2-1-3-7-15/h1-13,20H,14H2,(H,27,30)(H,28,29)(H4,24,25,26). The van der Waals surface area contributed by atoms with E-state index in [9.17, 15) is 23.1 Å². The molecule has 9 nitrogen and oxygen atoms in total. The molecule has 0 spiro atoms. The highest BCUT2D eigenvalue weighted by atomic mass is 32.2. The average Bonchev–Trinajstić information content (AvgIpc) is 2.78. The Morgan fingerprint density at radius 1 is 0.909 bits per heavy atom. The number of carboxylic acids is 1. The molecule has 0 bridgehead atoms. The highest BCUT2D eigenvalue weighted by molar-refractivity contribution is 7.91. The zero-order valence-corrected chi connectivity index (χ0v) is 18.2. The summed E-state index contributed by atoms with van der Waals surface area (Å²) in [5, 5.41) is 10.6. The van der Waals surface area contributed by atoms with Gasteiger partial charge in [0.25, 0.3) is 5.91 Å². The van der Waals surface area contributed by atoms with Crippen molar-refractivity contribution in [2.24, 2.45) is 16.5 Å². The van der Waals surface area contributed by atoms with Crippen LogP contribution in [0.5, 0.6) is 0 Å². The zero-order chi connectivity index (χ0) is 24.0. The van der Waals surface area contributed by atoms with E-state index in [1.165, 1.54) is 42.5 Å². The van der Waals surface area contributed by atoms with E-state index < -0.39 is 33.4 Å². The molecule has 3 rings (SSSR count). The summed E-state index contributed by atoms with van der Waals surface area (Å²) in [5.74, 6) is -1.93. The quantitative estimate of drug-likeness (QED) is 0.293. The number of carbonyl (C=O) groups is 2. The van der Waals surface area contributed by atoms with Crippen molar-refractivity contribution in [2.45, 2.75) is 16.6 Å². The largest absolute Gasteiger partial charge is 0.481 e. The van der Waals surface area contributed by atoms with Gasteiger partial charge < -0.3 is 21.9 Å². The number of aliphatic imine (C=N–C) groups is 1. The summed E-state index contributed by atoms with van der Waals surface area (Å²) >= 11 is 0. The normalized spacial score (nSPS) is 11.9. The number of hydrogen-bond acceptors (Lipinski definition) is 5. The molecule has 1 amide bonds. The number of sulfone groups is 1. The van der Waals surface area contributed by atoms with E-state index >= 15 is 0 Å². The maximum Gasteiger partial charge on any atom is 0.305 e. The van der Waals surface area contributed by atoms with Crippen molar-refractivity contribution in [1.82, 2.24) is 0 Å². The van der Waals surface area contributed by atoms with E-state index in [0.717, 1.165) is 0 Å². The van der Waals surface area contributed by atoms with Gasteiger partial charge in [0.15, 0.2) is 15.8 Å². The molecule has 3 aromatic carbocycles. The number of para-hydroxylation sites is 1. The minimum Gasteiger partial charge on any atom is -0.481 e. The molecular weight excluding hydrogens is 444 g/mol. The van der Waals surface area contributed by atoms with Crippen LogP contribution >= 0.6 is 0 Å². The lowest BCUT2D eigenvalue weighted by Gasteiger charge is -2.19. The van der Waals surface area contributed by atoms with Crippen molar-refractivity contribution in [1.29, 1.82) is 0 Å². The second-order valence-corrected chi connectivity index (χ2v) is 9.17. The molecule has 33 heavy (non-hydrogen) atoms. The van der Waals surface area contributed by atoms with E-state index in [2.05, 4.69) is 10.3 Å². The molecule has 1 unspecified atom stereocenters. The molecular formula is C23H22N4O5S. The summed E-state index contributed by atoms with van der Waals surface area (Å²) in [6.07, 6.45) is -0.624. The van der Waals surface area contributed by atoms with E-state index in [1.54, 1.807) is 36.4 Å². The fourth-order valence-corrected chi connectivity index (χ4v) is 5.11. The van der Waals surface area contributed by atoms with Crippen LogP contribution < -0.4 is 16.8 Å². The van der Waals surface area contributed by atoms with Crippen molar-refractivity contribution >= 4 is 39.0 Å². The number of amides is 1. The number of nitrogens with zero attached hydrogens (tertiary/aromatic N) is 1. The maximum atomic E-state index is 13.5. The molecule has 0 saturated carbocycles. The van der Waals surface area contributed by atoms with Crippen molar-refractivity contribution in [3.63, 3.8) is 0 Å². The van der Waals surface area contributed by atoms with Gasteiger partial charge >= 0.3 is 5.97 Å². The molecule has 6 N–H and O–H groups in total. The number of guanidine groups is 1. The number of rotatable bonds is 8. The van der Waals surface area contributed by atoms with Crippen LogP contribution in [0.4, 0.5) is 11.4 Å². The summed E-state index contributed by atoms with van der Waals surface area (Å²) in [6.45, 7) is 0. The first-order chi connectivity index (χ1) is 15.7. The fourth-order valence-electron chi connectivity index (χ4n) is 3.24. The molecule has 0 aliphatic heterocycles. The van der Waals surface area contributed by atoms with E-state index in [0.29, 0.717) is 11.3 Å². The Labute approximate surface area is 190 Å². The molecule has 0 aliphatic carbocycles. The Morgan fingerprint density at radius 2 is 1.52 bits per heavy atom. The predicted octanol–water partition coefficient (Wildman–Crippen LogP) is 2.83. The van der Waals surface area contributed by atoms with E-state index in [-0.39, 0.29) is 22.1 Å². The molecule has 0 radical (unpaired) electrons. The zero-order valence-electron chi connectivity index (χ0n) is 17.4. The van der Waals surface area contributed by atoms with Gasteiger partial charge in [-0.1, -0.05) is 42.5 Å². The Morgan fingerprint density at radius 3 is 2.12 bits per heavy atom. The minimum absolute atomic E-state index is 0.0436. The van der Waals surface area contributed by atoms with Gasteiger partial charge in [-0.25, -0.2) is 13.4 Å². The summed E-state index contributed by atoms with van der Waals surface area (Å²) in [6, 6.07) is 20.0. The first-order valence-corrected chi connectivity index (χ1v) is 11.3. The number of hydrogen-bond donors (Lipinski definition) is 4. The molecule has 0 heterocycles.